The van der Waals surface area contributed by atoms with E-state index in [-0.39, 0.29) is 0 Å². The molecule has 0 spiro atoms. The van der Waals surface area contributed by atoms with Crippen molar-refractivity contribution in [2.45, 2.75) is 33.1 Å². The molecule has 13 heavy (non-hydrogen) atoms. The third-order valence-corrected chi connectivity index (χ3v) is 1.65. The van der Waals surface area contributed by atoms with Gasteiger partial charge in [-0.2, -0.15) is 0 Å². The molecule has 5 N–H and O–H groups in total. The molecular weight excluding hydrogens is 162 g/mol. The first-order valence-corrected chi connectivity index (χ1v) is 4.91. The zero-order valence-corrected chi connectivity index (χ0v) is 8.72. The molecule has 0 heterocycles. The molecule has 3 heteroatoms. The molecule has 0 bridgehead atoms. The monoisotopic (exact) mass is 184 g/mol. The van der Waals surface area contributed by atoms with Gasteiger partial charge in [0.2, 0.25) is 0 Å². The first kappa shape index (κ1) is 12.0. The van der Waals surface area contributed by atoms with Crippen molar-refractivity contribution in [2.24, 2.45) is 17.4 Å². The van der Waals surface area contributed by atoms with Crippen LogP contribution in [-0.2, 0) is 0 Å². The van der Waals surface area contributed by atoms with E-state index < -0.39 is 0 Å². The number of unbranched alkanes of at least 4 members (excludes halogenated alkanes) is 2. The number of allylic oxidation sites excluding steroid dienone is 2. The van der Waals surface area contributed by atoms with E-state index in [2.05, 4.69) is 31.0 Å². The summed E-state index contributed by atoms with van der Waals surface area (Å²) in [7, 11) is 0. The molecule has 0 aromatic rings. The second kappa shape index (κ2) is 7.65. The normalized spacial score (nSPS) is 11.0. The summed E-state index contributed by atoms with van der Waals surface area (Å²) in [5.74, 6) is 0.976. The van der Waals surface area contributed by atoms with Gasteiger partial charge in [-0.25, -0.2) is 0 Å². The zero-order valence-electron chi connectivity index (χ0n) is 8.72. The van der Waals surface area contributed by atoms with Crippen molar-refractivity contribution in [3.8, 4) is 0 Å². The second-order valence-corrected chi connectivity index (χ2v) is 3.55. The molecule has 0 atom stereocenters. The molecule has 0 amide bonds. The maximum Gasteiger partial charge on any atom is 0.338 e. The molecule has 3 nitrogen and oxygen atoms in total. The van der Waals surface area contributed by atoms with Crippen molar-refractivity contribution >= 4 is 5.96 Å². The van der Waals surface area contributed by atoms with E-state index in [0.717, 1.165) is 19.4 Å². The van der Waals surface area contributed by atoms with Crippen molar-refractivity contribution in [2.75, 3.05) is 6.54 Å². The fraction of sp³-hybridized carbons (Fsp3) is 0.700. The maximum absolute atomic E-state index is 5.24. The van der Waals surface area contributed by atoms with Crippen molar-refractivity contribution in [3.63, 3.8) is 0 Å². The van der Waals surface area contributed by atoms with Gasteiger partial charge in [0.1, 0.15) is 0 Å². The second-order valence-electron chi connectivity index (χ2n) is 3.55. The van der Waals surface area contributed by atoms with E-state index in [0.29, 0.717) is 11.9 Å². The summed E-state index contributed by atoms with van der Waals surface area (Å²) in [4.78, 5) is 2.89. The molecule has 0 radical (unpaired) electrons. The maximum atomic E-state index is 5.24. The number of guanidine groups is 1. The van der Waals surface area contributed by atoms with Crippen LogP contribution < -0.4 is 16.5 Å². The fourth-order valence-corrected chi connectivity index (χ4v) is 0.988. The van der Waals surface area contributed by atoms with E-state index in [1.165, 1.54) is 6.42 Å². The summed E-state index contributed by atoms with van der Waals surface area (Å²) in [6, 6.07) is 0. The molecule has 0 aliphatic heterocycles. The number of nitrogens with two attached hydrogens (primary N) is 2. The van der Waals surface area contributed by atoms with Crippen LogP contribution in [0.3, 0.4) is 0 Å². The van der Waals surface area contributed by atoms with Crippen LogP contribution in [0, 0.1) is 5.92 Å². The highest BCUT2D eigenvalue weighted by atomic mass is 15.0. The first-order chi connectivity index (χ1) is 6.13. The molecule has 0 fully saturated rings. The average molecular weight is 184 g/mol. The summed E-state index contributed by atoms with van der Waals surface area (Å²) in [6.45, 7) is 5.24. The number of rotatable bonds is 6. The SMILES string of the molecule is CC(C)/C=C/CCCC[NH+]=C(N)N. The topological polar surface area (TPSA) is 66.0 Å². The first-order valence-electron chi connectivity index (χ1n) is 4.91. The van der Waals surface area contributed by atoms with Gasteiger partial charge in [0.15, 0.2) is 0 Å². The third-order valence-electron chi connectivity index (χ3n) is 1.65. The predicted octanol–water partition coefficient (Wildman–Crippen LogP) is -0.277. The van der Waals surface area contributed by atoms with Gasteiger partial charge in [-0.3, -0.25) is 16.5 Å². The summed E-state index contributed by atoms with van der Waals surface area (Å²) < 4.78 is 0. The van der Waals surface area contributed by atoms with E-state index >= 15 is 0 Å². The Kier molecular flexibility index (Phi) is 7.07. The van der Waals surface area contributed by atoms with Crippen LogP contribution in [0.5, 0.6) is 0 Å². The van der Waals surface area contributed by atoms with Gasteiger partial charge in [0, 0.05) is 0 Å². The fourth-order valence-electron chi connectivity index (χ4n) is 0.988. The molecule has 0 aromatic heterocycles. The molecular formula is C10H22N3+. The van der Waals surface area contributed by atoms with Crippen molar-refractivity contribution < 1.29 is 4.99 Å². The molecule has 0 aliphatic rings. The Bertz CT molecular complexity index is 167. The minimum Gasteiger partial charge on any atom is -0.291 e. The van der Waals surface area contributed by atoms with Gasteiger partial charge in [0.25, 0.3) is 0 Å². The van der Waals surface area contributed by atoms with Crippen molar-refractivity contribution in [1.82, 2.24) is 0 Å². The standard InChI is InChI=1S/C10H21N3/c1-9(2)7-5-3-4-6-8-13-10(11)12/h5,7,9H,3-4,6,8H2,1-2H3,(H4,11,12,13)/p+1/b7-5+. The highest BCUT2D eigenvalue weighted by Gasteiger charge is 1.88. The van der Waals surface area contributed by atoms with Gasteiger partial charge in [-0.1, -0.05) is 26.0 Å². The van der Waals surface area contributed by atoms with E-state index in [4.69, 9.17) is 11.5 Å². The number of hydrogen-bond acceptors (Lipinski definition) is 0. The quantitative estimate of drug-likeness (QED) is 0.230. The lowest BCUT2D eigenvalue weighted by atomic mass is 10.1. The van der Waals surface area contributed by atoms with E-state index in [9.17, 15) is 0 Å². The lowest BCUT2D eigenvalue weighted by Gasteiger charge is -1.94. The number of hydrogen-bond donors (Lipinski definition) is 3. The van der Waals surface area contributed by atoms with Crippen LogP contribution in [0.2, 0.25) is 0 Å². The molecule has 0 saturated carbocycles. The van der Waals surface area contributed by atoms with Gasteiger partial charge < -0.3 is 0 Å². The summed E-state index contributed by atoms with van der Waals surface area (Å²) >= 11 is 0. The smallest absolute Gasteiger partial charge is 0.291 e. The van der Waals surface area contributed by atoms with Crippen LogP contribution in [0.4, 0.5) is 0 Å². The molecule has 0 saturated heterocycles. The van der Waals surface area contributed by atoms with Gasteiger partial charge in [-0.05, 0) is 25.2 Å². The molecule has 0 unspecified atom stereocenters. The van der Waals surface area contributed by atoms with Crippen LogP contribution in [0.1, 0.15) is 33.1 Å². The zero-order chi connectivity index (χ0) is 10.1. The highest BCUT2D eigenvalue weighted by Crippen LogP contribution is 1.98. The largest absolute Gasteiger partial charge is 0.338 e. The van der Waals surface area contributed by atoms with E-state index in [1.807, 2.05) is 0 Å². The molecule has 76 valence electrons. The van der Waals surface area contributed by atoms with E-state index in [1.54, 1.807) is 0 Å². The highest BCUT2D eigenvalue weighted by molar-refractivity contribution is 5.69. The summed E-state index contributed by atoms with van der Waals surface area (Å²) in [5, 5.41) is 0. The van der Waals surface area contributed by atoms with Crippen LogP contribution in [0.15, 0.2) is 12.2 Å². The Morgan fingerprint density at radius 3 is 2.54 bits per heavy atom. The molecule has 0 aliphatic carbocycles. The van der Waals surface area contributed by atoms with Gasteiger partial charge in [0.05, 0.1) is 6.54 Å². The van der Waals surface area contributed by atoms with Crippen LogP contribution in [-0.4, -0.2) is 12.5 Å². The van der Waals surface area contributed by atoms with Crippen molar-refractivity contribution in [1.29, 1.82) is 0 Å². The Morgan fingerprint density at radius 2 is 2.00 bits per heavy atom. The third kappa shape index (κ3) is 11.0. The molecule has 0 rings (SSSR count). The molecule has 0 aromatic carbocycles. The lowest BCUT2D eigenvalue weighted by Crippen LogP contribution is -2.78. The Labute approximate surface area is 80.9 Å². The lowest BCUT2D eigenvalue weighted by molar-refractivity contribution is -0.459. The Balaban J connectivity index is 3.22. The Hall–Kier alpha value is -0.990. The Morgan fingerprint density at radius 1 is 1.31 bits per heavy atom. The van der Waals surface area contributed by atoms with Crippen molar-refractivity contribution in [3.05, 3.63) is 12.2 Å². The summed E-state index contributed by atoms with van der Waals surface area (Å²) in [5.41, 5.74) is 10.5. The summed E-state index contributed by atoms with van der Waals surface area (Å²) in [6.07, 6.45) is 7.91. The average Bonchev–Trinajstić information content (AvgIpc) is 2.01. The van der Waals surface area contributed by atoms with Gasteiger partial charge in [-0.15, -0.1) is 0 Å². The number of nitrogens with one attached hydrogen (secondary N) is 1. The minimum absolute atomic E-state index is 0.317. The van der Waals surface area contributed by atoms with Crippen LogP contribution >= 0.6 is 0 Å². The minimum atomic E-state index is 0.317. The predicted molar refractivity (Wildman–Crippen MR) is 57.0 cm³/mol. The van der Waals surface area contributed by atoms with Crippen LogP contribution in [0.25, 0.3) is 0 Å². The van der Waals surface area contributed by atoms with Gasteiger partial charge >= 0.3 is 5.96 Å².